The Morgan fingerprint density at radius 3 is 2.74 bits per heavy atom. The molecule has 2 nitrogen and oxygen atoms in total. The van der Waals surface area contributed by atoms with E-state index in [9.17, 15) is 13.6 Å². The van der Waals surface area contributed by atoms with Gasteiger partial charge in [0.15, 0.2) is 0 Å². The van der Waals surface area contributed by atoms with Gasteiger partial charge in [-0.2, -0.15) is 0 Å². The first-order valence-electron chi connectivity index (χ1n) is 6.88. The number of carbonyl (C=O) groups is 1. The lowest BCUT2D eigenvalue weighted by Gasteiger charge is -2.25. The monoisotopic (exact) mass is 265 g/mol. The van der Waals surface area contributed by atoms with Gasteiger partial charge in [0.05, 0.1) is 0 Å². The van der Waals surface area contributed by atoms with Crippen molar-refractivity contribution in [2.24, 2.45) is 11.8 Å². The Balaban J connectivity index is 1.55. The van der Waals surface area contributed by atoms with E-state index >= 15 is 0 Å². The fourth-order valence-corrected chi connectivity index (χ4v) is 2.70. The molecule has 0 aliphatic heterocycles. The van der Waals surface area contributed by atoms with Crippen molar-refractivity contribution in [3.05, 3.63) is 35.4 Å². The molecule has 1 aromatic carbocycles. The van der Waals surface area contributed by atoms with Crippen molar-refractivity contribution in [2.45, 2.75) is 31.6 Å². The zero-order valence-electron chi connectivity index (χ0n) is 10.7. The molecule has 2 saturated carbocycles. The van der Waals surface area contributed by atoms with Crippen LogP contribution in [0.15, 0.2) is 18.2 Å². The smallest absolute Gasteiger partial charge is 0.223 e. The number of amides is 1. The Morgan fingerprint density at radius 1 is 1.32 bits per heavy atom. The predicted octanol–water partition coefficient (Wildman–Crippen LogP) is 2.98. The van der Waals surface area contributed by atoms with Crippen LogP contribution in [0.2, 0.25) is 0 Å². The van der Waals surface area contributed by atoms with E-state index < -0.39 is 11.6 Å². The predicted molar refractivity (Wildman–Crippen MR) is 67.6 cm³/mol. The summed E-state index contributed by atoms with van der Waals surface area (Å²) in [6, 6.07) is 3.59. The minimum Gasteiger partial charge on any atom is -0.356 e. The summed E-state index contributed by atoms with van der Waals surface area (Å²) < 4.78 is 26.4. The molecule has 3 rings (SSSR count). The topological polar surface area (TPSA) is 29.1 Å². The van der Waals surface area contributed by atoms with Crippen LogP contribution in [0.5, 0.6) is 0 Å². The van der Waals surface area contributed by atoms with Crippen molar-refractivity contribution in [3.63, 3.8) is 0 Å². The summed E-state index contributed by atoms with van der Waals surface area (Å²) >= 11 is 0. The van der Waals surface area contributed by atoms with Gasteiger partial charge in [0.1, 0.15) is 11.6 Å². The Bertz CT molecular complexity index is 499. The highest BCUT2D eigenvalue weighted by Gasteiger charge is 2.45. The molecule has 0 spiro atoms. The number of hydrogen-bond donors (Lipinski definition) is 1. The van der Waals surface area contributed by atoms with Crippen molar-refractivity contribution in [2.75, 3.05) is 6.54 Å². The van der Waals surface area contributed by atoms with Gasteiger partial charge in [0.25, 0.3) is 0 Å². The Morgan fingerprint density at radius 2 is 2.11 bits per heavy atom. The highest BCUT2D eigenvalue weighted by molar-refractivity contribution is 5.82. The maximum atomic E-state index is 13.6. The van der Waals surface area contributed by atoms with Gasteiger partial charge < -0.3 is 5.32 Å². The number of benzene rings is 1. The van der Waals surface area contributed by atoms with Crippen LogP contribution in [0.1, 0.15) is 37.2 Å². The zero-order valence-corrected chi connectivity index (χ0v) is 10.7. The third kappa shape index (κ3) is 2.62. The fraction of sp³-hybridized carbons (Fsp3) is 0.533. The van der Waals surface area contributed by atoms with Gasteiger partial charge in [-0.1, -0.05) is 12.5 Å². The second kappa shape index (κ2) is 4.91. The van der Waals surface area contributed by atoms with Crippen molar-refractivity contribution in [1.29, 1.82) is 0 Å². The summed E-state index contributed by atoms with van der Waals surface area (Å²) in [6.45, 7) is 0.744. The zero-order chi connectivity index (χ0) is 13.4. The van der Waals surface area contributed by atoms with E-state index in [0.29, 0.717) is 17.9 Å². The van der Waals surface area contributed by atoms with Crippen molar-refractivity contribution in [1.82, 2.24) is 5.32 Å². The van der Waals surface area contributed by atoms with E-state index in [4.69, 9.17) is 0 Å². The van der Waals surface area contributed by atoms with Crippen LogP contribution in [0.25, 0.3) is 0 Å². The van der Waals surface area contributed by atoms with E-state index in [1.165, 1.54) is 31.4 Å². The molecule has 4 heteroatoms. The first-order chi connectivity index (χ1) is 9.15. The lowest BCUT2D eigenvalue weighted by atomic mass is 9.85. The third-order valence-electron chi connectivity index (χ3n) is 4.28. The second-order valence-electron chi connectivity index (χ2n) is 5.66. The fourth-order valence-electron chi connectivity index (χ4n) is 2.70. The van der Waals surface area contributed by atoms with Gasteiger partial charge in [-0.3, -0.25) is 4.79 Å². The van der Waals surface area contributed by atoms with Crippen LogP contribution in [-0.4, -0.2) is 12.5 Å². The highest BCUT2D eigenvalue weighted by atomic mass is 19.1. The van der Waals surface area contributed by atoms with E-state index in [0.717, 1.165) is 12.6 Å². The second-order valence-corrected chi connectivity index (χ2v) is 5.66. The lowest BCUT2D eigenvalue weighted by Crippen LogP contribution is -2.33. The summed E-state index contributed by atoms with van der Waals surface area (Å²) in [6.07, 6.45) is 4.31. The van der Waals surface area contributed by atoms with E-state index in [1.807, 2.05) is 0 Å². The largest absolute Gasteiger partial charge is 0.356 e. The molecule has 0 bridgehead atoms. The molecule has 0 heterocycles. The molecule has 2 atom stereocenters. The van der Waals surface area contributed by atoms with Crippen LogP contribution < -0.4 is 5.32 Å². The van der Waals surface area contributed by atoms with Gasteiger partial charge >= 0.3 is 0 Å². The van der Waals surface area contributed by atoms with Gasteiger partial charge in [-0.15, -0.1) is 0 Å². The van der Waals surface area contributed by atoms with Gasteiger partial charge in [0, 0.05) is 18.5 Å². The lowest BCUT2D eigenvalue weighted by molar-refractivity contribution is -0.122. The number of nitrogens with one attached hydrogen (secondary N) is 1. The SMILES string of the molecule is O=C(NCC1CCC1)C1CC1c1ccc(F)cc1F. The molecule has 0 aromatic heterocycles. The van der Waals surface area contributed by atoms with E-state index in [-0.39, 0.29) is 17.7 Å². The molecule has 2 fully saturated rings. The molecule has 2 aliphatic carbocycles. The number of hydrogen-bond acceptors (Lipinski definition) is 1. The first kappa shape index (κ1) is 12.6. The third-order valence-corrected chi connectivity index (χ3v) is 4.28. The van der Waals surface area contributed by atoms with E-state index in [2.05, 4.69) is 5.32 Å². The molecular weight excluding hydrogens is 248 g/mol. The summed E-state index contributed by atoms with van der Waals surface area (Å²) in [4.78, 5) is 11.9. The summed E-state index contributed by atoms with van der Waals surface area (Å²) in [7, 11) is 0. The standard InChI is InChI=1S/C15H17F2NO/c16-10-4-5-11(14(17)6-10)12-7-13(12)15(19)18-8-9-2-1-3-9/h4-6,9,12-13H,1-3,7-8H2,(H,18,19). The summed E-state index contributed by atoms with van der Waals surface area (Å²) in [5.74, 6) is -0.696. The van der Waals surface area contributed by atoms with Gasteiger partial charge in [-0.05, 0) is 42.7 Å². The molecule has 102 valence electrons. The molecular formula is C15H17F2NO. The maximum Gasteiger partial charge on any atom is 0.223 e. The molecule has 2 unspecified atom stereocenters. The van der Waals surface area contributed by atoms with Crippen LogP contribution in [0.4, 0.5) is 8.78 Å². The van der Waals surface area contributed by atoms with E-state index in [1.54, 1.807) is 0 Å². The van der Waals surface area contributed by atoms with Crippen LogP contribution >= 0.6 is 0 Å². The van der Waals surface area contributed by atoms with Gasteiger partial charge in [-0.25, -0.2) is 8.78 Å². The Labute approximate surface area is 111 Å². The molecule has 19 heavy (non-hydrogen) atoms. The van der Waals surface area contributed by atoms with Crippen molar-refractivity contribution in [3.8, 4) is 0 Å². The summed E-state index contributed by atoms with van der Waals surface area (Å²) in [5, 5.41) is 2.94. The van der Waals surface area contributed by atoms with Gasteiger partial charge in [0.2, 0.25) is 5.91 Å². The van der Waals surface area contributed by atoms with Crippen LogP contribution in [0.3, 0.4) is 0 Å². The number of rotatable bonds is 4. The normalized spacial score (nSPS) is 25.8. The minimum absolute atomic E-state index is 0.0145. The molecule has 1 N–H and O–H groups in total. The minimum atomic E-state index is -0.576. The first-order valence-corrected chi connectivity index (χ1v) is 6.88. The Kier molecular flexibility index (Phi) is 3.25. The number of halogens is 2. The average molecular weight is 265 g/mol. The quantitative estimate of drug-likeness (QED) is 0.891. The maximum absolute atomic E-state index is 13.6. The van der Waals surface area contributed by atoms with Crippen LogP contribution in [-0.2, 0) is 4.79 Å². The molecule has 0 radical (unpaired) electrons. The van der Waals surface area contributed by atoms with Crippen molar-refractivity contribution >= 4 is 5.91 Å². The average Bonchev–Trinajstić information content (AvgIpc) is 3.06. The van der Waals surface area contributed by atoms with Crippen molar-refractivity contribution < 1.29 is 13.6 Å². The summed E-state index contributed by atoms with van der Waals surface area (Å²) in [5.41, 5.74) is 0.463. The molecule has 2 aliphatic rings. The van der Waals surface area contributed by atoms with Crippen LogP contribution in [0, 0.1) is 23.5 Å². The highest BCUT2D eigenvalue weighted by Crippen LogP contribution is 2.48. The molecule has 0 saturated heterocycles. The Hall–Kier alpha value is -1.45. The molecule has 1 amide bonds. The number of carbonyl (C=O) groups excluding carboxylic acids is 1. The molecule has 1 aromatic rings.